The molecule has 0 spiro atoms. The van der Waals surface area contributed by atoms with Crippen LogP contribution in [0.1, 0.15) is 11.3 Å². The summed E-state index contributed by atoms with van der Waals surface area (Å²) in [4.78, 5) is 22.1. The first-order chi connectivity index (χ1) is 21.2. The average molecular weight is 590 g/mol. The number of furan rings is 2. The number of aliphatic imine (C=N–C) groups is 1. The average Bonchev–Trinajstić information content (AvgIpc) is 3.69. The number of hydrogen-bond acceptors (Lipinski definition) is 12. The molecule has 0 saturated carbocycles. The van der Waals surface area contributed by atoms with Gasteiger partial charge >= 0.3 is 0 Å². The van der Waals surface area contributed by atoms with Gasteiger partial charge in [0, 0.05) is 90.2 Å². The van der Waals surface area contributed by atoms with E-state index in [2.05, 4.69) is 30.7 Å². The molecule has 0 unspecified atom stereocenters. The molecule has 13 nitrogen and oxygen atoms in total. The number of nitrogens with one attached hydrogen (secondary N) is 3. The lowest BCUT2D eigenvalue weighted by atomic mass is 10.1. The molecule has 0 radical (unpaired) electrons. The van der Waals surface area contributed by atoms with Gasteiger partial charge in [-0.1, -0.05) is 0 Å². The van der Waals surface area contributed by atoms with E-state index in [1.807, 2.05) is 19.1 Å². The molecule has 43 heavy (non-hydrogen) atoms. The molecule has 0 atom stereocenters. The van der Waals surface area contributed by atoms with E-state index in [9.17, 15) is 0 Å². The fourth-order valence-electron chi connectivity index (χ4n) is 6.24. The Labute approximate surface area is 250 Å². The van der Waals surface area contributed by atoms with Crippen molar-refractivity contribution in [2.24, 2.45) is 4.99 Å². The Hall–Kier alpha value is -4.07. The number of anilines is 2. The predicted octanol–water partition coefficient (Wildman–Crippen LogP) is 2.10. The summed E-state index contributed by atoms with van der Waals surface area (Å²) in [6.07, 6.45) is 1.64. The van der Waals surface area contributed by atoms with Gasteiger partial charge in [-0.3, -0.25) is 0 Å². The molecule has 3 fully saturated rings. The zero-order valence-corrected chi connectivity index (χ0v) is 25.0. The molecule has 3 aliphatic rings. The Morgan fingerprint density at radius 3 is 2.16 bits per heavy atom. The van der Waals surface area contributed by atoms with Crippen LogP contribution in [-0.4, -0.2) is 113 Å². The van der Waals surface area contributed by atoms with Crippen LogP contribution in [0.4, 0.5) is 17.6 Å². The second kappa shape index (κ2) is 11.9. The van der Waals surface area contributed by atoms with Crippen LogP contribution in [0.5, 0.6) is 11.5 Å². The minimum atomic E-state index is 0.536. The number of benzene rings is 1. The highest BCUT2D eigenvalue weighted by Crippen LogP contribution is 2.46. The lowest BCUT2D eigenvalue weighted by molar-refractivity contribution is 0.352. The summed E-state index contributed by atoms with van der Waals surface area (Å²) in [6.45, 7) is 12.4. The summed E-state index contributed by atoms with van der Waals surface area (Å²) < 4.78 is 24.2. The summed E-state index contributed by atoms with van der Waals surface area (Å²) in [5.41, 5.74) is 2.08. The number of rotatable bonds is 6. The van der Waals surface area contributed by atoms with Crippen LogP contribution in [0.25, 0.3) is 21.9 Å². The lowest BCUT2D eigenvalue weighted by Crippen LogP contribution is -2.47. The number of aryl methyl sites for hydroxylation is 1. The van der Waals surface area contributed by atoms with Gasteiger partial charge in [-0.2, -0.15) is 9.97 Å². The smallest absolute Gasteiger partial charge is 0.229 e. The molecule has 3 N–H and O–H groups in total. The summed E-state index contributed by atoms with van der Waals surface area (Å²) in [6, 6.07) is 3.90. The number of fused-ring (bicyclic) bond motifs is 2. The number of nitrogens with zero attached hydrogens (tertiary/aromatic N) is 6. The molecule has 228 valence electrons. The van der Waals surface area contributed by atoms with Crippen molar-refractivity contribution in [3.8, 4) is 11.5 Å². The minimum absolute atomic E-state index is 0.536. The molecule has 0 amide bonds. The molecule has 0 bridgehead atoms. The fourth-order valence-corrected chi connectivity index (χ4v) is 6.24. The van der Waals surface area contributed by atoms with E-state index in [4.69, 9.17) is 33.3 Å². The van der Waals surface area contributed by atoms with Crippen molar-refractivity contribution in [1.29, 1.82) is 0 Å². The van der Waals surface area contributed by atoms with Crippen LogP contribution in [-0.2, 0) is 0 Å². The zero-order valence-electron chi connectivity index (χ0n) is 25.0. The summed E-state index contributed by atoms with van der Waals surface area (Å²) in [5.74, 6) is 4.83. The second-order valence-electron chi connectivity index (χ2n) is 11.0. The van der Waals surface area contributed by atoms with Crippen molar-refractivity contribution in [2.45, 2.75) is 6.92 Å². The third kappa shape index (κ3) is 5.11. The van der Waals surface area contributed by atoms with Crippen LogP contribution < -0.4 is 35.2 Å². The van der Waals surface area contributed by atoms with Gasteiger partial charge in [0.25, 0.3) is 0 Å². The zero-order chi connectivity index (χ0) is 29.3. The summed E-state index contributed by atoms with van der Waals surface area (Å²) in [5, 5.41) is 12.0. The van der Waals surface area contributed by atoms with E-state index in [1.165, 1.54) is 0 Å². The van der Waals surface area contributed by atoms with E-state index >= 15 is 0 Å². The highest BCUT2D eigenvalue weighted by molar-refractivity contribution is 6.12. The van der Waals surface area contributed by atoms with E-state index < -0.39 is 0 Å². The first kappa shape index (κ1) is 27.7. The SMILES string of the molecule is COc1c2occc2c(OC)c2c(C)c(/C(=N/c3cc(N4CCNCC4)nc(N4CCNCC4)n3)N3CCNCC3)oc12. The van der Waals surface area contributed by atoms with Gasteiger partial charge in [0.15, 0.2) is 28.6 Å². The number of ether oxygens (including phenoxy) is 2. The third-order valence-corrected chi connectivity index (χ3v) is 8.47. The van der Waals surface area contributed by atoms with Crippen LogP contribution in [0.15, 0.2) is 32.2 Å². The molecular formula is C30H39N9O4. The van der Waals surface area contributed by atoms with Crippen molar-refractivity contribution in [2.75, 3.05) is 103 Å². The highest BCUT2D eigenvalue weighted by Gasteiger charge is 2.30. The van der Waals surface area contributed by atoms with Crippen LogP contribution >= 0.6 is 0 Å². The monoisotopic (exact) mass is 589 g/mol. The first-order valence-electron chi connectivity index (χ1n) is 15.1. The Bertz CT molecular complexity index is 1590. The van der Waals surface area contributed by atoms with Crippen LogP contribution in [0.3, 0.4) is 0 Å². The topological polar surface area (TPSA) is 129 Å². The minimum Gasteiger partial charge on any atom is -0.495 e. The van der Waals surface area contributed by atoms with Crippen LogP contribution in [0, 0.1) is 6.92 Å². The molecule has 3 aromatic heterocycles. The molecule has 6 heterocycles. The van der Waals surface area contributed by atoms with E-state index in [1.54, 1.807) is 20.5 Å². The van der Waals surface area contributed by atoms with Gasteiger partial charge in [0.2, 0.25) is 11.7 Å². The maximum atomic E-state index is 6.68. The highest BCUT2D eigenvalue weighted by atomic mass is 16.5. The van der Waals surface area contributed by atoms with Gasteiger partial charge in [-0.05, 0) is 13.0 Å². The quantitative estimate of drug-likeness (QED) is 0.225. The fraction of sp³-hybridized carbons (Fsp3) is 0.500. The lowest BCUT2D eigenvalue weighted by Gasteiger charge is -2.32. The van der Waals surface area contributed by atoms with Gasteiger partial charge < -0.3 is 49.0 Å². The number of hydrogen-bond donors (Lipinski definition) is 3. The molecule has 1 aromatic carbocycles. The molecule has 7 rings (SSSR count). The summed E-state index contributed by atoms with van der Waals surface area (Å²) in [7, 11) is 3.30. The molecule has 3 saturated heterocycles. The van der Waals surface area contributed by atoms with Crippen molar-refractivity contribution >= 4 is 45.4 Å². The maximum absolute atomic E-state index is 6.68. The molecular weight excluding hydrogens is 550 g/mol. The van der Waals surface area contributed by atoms with Crippen molar-refractivity contribution in [3.63, 3.8) is 0 Å². The second-order valence-corrected chi connectivity index (χ2v) is 11.0. The first-order valence-corrected chi connectivity index (χ1v) is 15.1. The van der Waals surface area contributed by atoms with Crippen molar-refractivity contribution < 1.29 is 18.3 Å². The van der Waals surface area contributed by atoms with Crippen molar-refractivity contribution in [3.05, 3.63) is 29.7 Å². The third-order valence-electron chi connectivity index (χ3n) is 8.47. The van der Waals surface area contributed by atoms with E-state index in [-0.39, 0.29) is 0 Å². The van der Waals surface area contributed by atoms with Crippen LogP contribution in [0.2, 0.25) is 0 Å². The standard InChI is InChI=1S/C30H39N9O4/c1-19-23-25(40-2)20-4-17-42-26(20)28(41-3)27(23)43-24(19)29(38-13-7-32-8-14-38)34-21-18-22(37-11-5-31-6-12-37)36-30(35-21)39-15-9-33-10-16-39/h4,17-18,31-33H,5-16H2,1-3H3/b34-29-. The molecule has 4 aromatic rings. The maximum Gasteiger partial charge on any atom is 0.229 e. The molecule has 3 aliphatic heterocycles. The Balaban J connectivity index is 1.41. The van der Waals surface area contributed by atoms with E-state index in [0.717, 1.165) is 107 Å². The number of aromatic nitrogens is 2. The van der Waals surface area contributed by atoms with Gasteiger partial charge in [0.1, 0.15) is 11.6 Å². The Morgan fingerprint density at radius 1 is 0.837 bits per heavy atom. The largest absolute Gasteiger partial charge is 0.495 e. The van der Waals surface area contributed by atoms with E-state index in [0.29, 0.717) is 40.2 Å². The Morgan fingerprint density at radius 2 is 1.49 bits per heavy atom. The number of amidine groups is 1. The van der Waals surface area contributed by atoms with Gasteiger partial charge in [-0.25, -0.2) is 4.99 Å². The van der Waals surface area contributed by atoms with Gasteiger partial charge in [0.05, 0.1) is 31.3 Å². The Kier molecular flexibility index (Phi) is 7.68. The summed E-state index contributed by atoms with van der Waals surface area (Å²) >= 11 is 0. The van der Waals surface area contributed by atoms with Crippen molar-refractivity contribution in [1.82, 2.24) is 30.8 Å². The number of piperazine rings is 3. The molecule has 0 aliphatic carbocycles. The molecule has 13 heteroatoms. The van der Waals surface area contributed by atoms with Gasteiger partial charge in [-0.15, -0.1) is 0 Å². The predicted molar refractivity (Wildman–Crippen MR) is 167 cm³/mol. The number of methoxy groups -OCH3 is 2. The normalized spacial score (nSPS) is 18.6.